The lowest BCUT2D eigenvalue weighted by Crippen LogP contribution is -2.32. The van der Waals surface area contributed by atoms with Gasteiger partial charge in [0.05, 0.1) is 45.8 Å². The van der Waals surface area contributed by atoms with Gasteiger partial charge in [-0.25, -0.2) is 78.2 Å². The van der Waals surface area contributed by atoms with Gasteiger partial charge < -0.3 is 29.2 Å². The van der Waals surface area contributed by atoms with E-state index in [0.29, 0.717) is 99.1 Å². The van der Waals surface area contributed by atoms with Gasteiger partial charge in [0.2, 0.25) is 30.1 Å². The number of rotatable bonds is 19. The van der Waals surface area contributed by atoms with E-state index in [1.807, 2.05) is 26.0 Å². The maximum Gasteiger partial charge on any atom is 0.488 e. The van der Waals surface area contributed by atoms with Gasteiger partial charge in [-0.2, -0.15) is 12.9 Å². The van der Waals surface area contributed by atoms with Crippen molar-refractivity contribution in [2.75, 3.05) is 60.6 Å². The van der Waals surface area contributed by atoms with Crippen LogP contribution in [0, 0.1) is 31.3 Å². The first-order valence-electron chi connectivity index (χ1n) is 37.9. The van der Waals surface area contributed by atoms with Gasteiger partial charge >= 0.3 is 7.12 Å². The number of benzene rings is 8. The highest BCUT2D eigenvalue weighted by Crippen LogP contribution is 2.44. The Bertz CT molecular complexity index is 6830. The Hall–Kier alpha value is -10.9. The van der Waals surface area contributed by atoms with Crippen molar-refractivity contribution >= 4 is 112 Å². The third-order valence-electron chi connectivity index (χ3n) is 20.9. The van der Waals surface area contributed by atoms with E-state index in [1.54, 1.807) is 134 Å². The Kier molecular flexibility index (Phi) is 25.3. The fourth-order valence-electron chi connectivity index (χ4n) is 14.6. The highest BCUT2D eigenvalue weighted by Gasteiger charge is 2.33. The molecule has 0 spiro atoms. The van der Waals surface area contributed by atoms with Gasteiger partial charge in [0.1, 0.15) is 5.65 Å². The largest absolute Gasteiger partial charge is 0.493 e. The molecule has 6 aromatic heterocycles. The quantitative estimate of drug-likeness (QED) is 0.0633. The van der Waals surface area contributed by atoms with Gasteiger partial charge in [0, 0.05) is 142 Å². The first-order valence-corrected chi connectivity index (χ1v) is 45.9. The molecule has 3 saturated heterocycles. The van der Waals surface area contributed by atoms with E-state index in [4.69, 9.17) is 24.3 Å². The molecular formula is C86H80BBrF3N9O15S5. The van der Waals surface area contributed by atoms with E-state index in [-0.39, 0.29) is 58.5 Å². The Labute approximate surface area is 701 Å². The standard InChI is InChI=1S/C31H28FN3O5S2.C24H22FN3O3S.C21H16BrFN2O3S.C10H14BNO4S/c1-21-11-13-24(14-12-21)42(38,39)35-20-28(26-9-6-10-29(32)30(26)40-2)27-18-23(19-33-31(27)35)22-7-5-8-25(17-22)41(36,37)34-15-3-4-16-34;1-31-23-19(8-5-9-22(23)25)21-15-27-24-20(21)13-17(14-26-24)16-6-4-7-18(12-16)32(29,30)28-10-2-3-11-28;1-13-6-8-15(9-7-13)29(26,27)25-12-18(17-10-14(22)11-24-21(17)25)16-4-3-5-19(23)20(16)28-2;13-11(14)9-4-3-5-10(8-9)17(15,16)12-6-1-2-7-12/h5-14,17-20H,3-4,15-16H2,1-2H3;4-9,12-15H,2-3,10-11H2,1H3,(H,26,27);3-12H,1-2H3;3-5,8,13-14H,1-2,6-7H2. The van der Waals surface area contributed by atoms with E-state index in [1.165, 1.54) is 120 Å². The van der Waals surface area contributed by atoms with E-state index in [9.17, 15) is 55.3 Å². The van der Waals surface area contributed by atoms with Crippen LogP contribution in [0.4, 0.5) is 13.2 Å². The second-order valence-corrected chi connectivity index (χ2v) is 38.9. The predicted molar refractivity (Wildman–Crippen MR) is 458 cm³/mol. The van der Waals surface area contributed by atoms with Crippen molar-refractivity contribution in [2.45, 2.75) is 76.8 Å². The molecular weight excluding hydrogens is 1710 g/mol. The number of para-hydroxylation sites is 3. The van der Waals surface area contributed by atoms with Gasteiger partial charge in [-0.3, -0.25) is 0 Å². The summed E-state index contributed by atoms with van der Waals surface area (Å²) in [5.74, 6) is -1.40. The van der Waals surface area contributed by atoms with Crippen LogP contribution in [0.25, 0.3) is 88.7 Å². The third-order valence-corrected chi connectivity index (χ3v) is 30.3. The summed E-state index contributed by atoms with van der Waals surface area (Å²) in [6.07, 6.45) is 14.6. The van der Waals surface area contributed by atoms with Crippen LogP contribution in [0.5, 0.6) is 17.2 Å². The molecule has 9 heterocycles. The summed E-state index contributed by atoms with van der Waals surface area (Å²) in [7, 11) is -16.1. The molecule has 620 valence electrons. The number of fused-ring (bicyclic) bond motifs is 3. The lowest BCUT2D eigenvalue weighted by molar-refractivity contribution is 0.388. The van der Waals surface area contributed by atoms with Gasteiger partial charge in [-0.1, -0.05) is 108 Å². The summed E-state index contributed by atoms with van der Waals surface area (Å²) in [6.45, 7) is 6.91. The van der Waals surface area contributed by atoms with E-state index >= 15 is 0 Å². The smallest absolute Gasteiger partial charge is 0.488 e. The summed E-state index contributed by atoms with van der Waals surface area (Å²) in [6, 6.07) is 51.5. The molecule has 3 N–H and O–H groups in total. The van der Waals surface area contributed by atoms with Crippen LogP contribution < -0.4 is 19.7 Å². The van der Waals surface area contributed by atoms with E-state index < -0.39 is 74.7 Å². The average Bonchev–Trinajstić information content (AvgIpc) is 1.59. The highest BCUT2D eigenvalue weighted by molar-refractivity contribution is 9.10. The number of nitrogens with zero attached hydrogens (tertiary/aromatic N) is 8. The number of ether oxygens (including phenoxy) is 3. The monoisotopic (exact) mass is 1790 g/mol. The van der Waals surface area contributed by atoms with Gasteiger partial charge in [0.15, 0.2) is 46.0 Å². The molecule has 0 unspecified atom stereocenters. The number of nitrogens with one attached hydrogen (secondary N) is 1. The maximum absolute atomic E-state index is 14.8. The number of H-pyrrole nitrogens is 1. The van der Waals surface area contributed by atoms with Crippen LogP contribution >= 0.6 is 15.9 Å². The second kappa shape index (κ2) is 35.4. The van der Waals surface area contributed by atoms with Crippen molar-refractivity contribution in [2.24, 2.45) is 0 Å². The van der Waals surface area contributed by atoms with Crippen LogP contribution in [-0.4, -0.2) is 161 Å². The Morgan fingerprint density at radius 3 is 1.15 bits per heavy atom. The normalized spacial score (nSPS) is 14.3. The Morgan fingerprint density at radius 1 is 0.383 bits per heavy atom. The van der Waals surface area contributed by atoms with Crippen molar-refractivity contribution < 1.29 is 79.5 Å². The zero-order valence-electron chi connectivity index (χ0n) is 65.3. The summed E-state index contributed by atoms with van der Waals surface area (Å²) < 4.78 is 198. The number of aromatic nitrogens is 6. The highest BCUT2D eigenvalue weighted by atomic mass is 79.9. The lowest BCUT2D eigenvalue weighted by Gasteiger charge is -2.16. The molecule has 17 rings (SSSR count). The summed E-state index contributed by atoms with van der Waals surface area (Å²) in [4.78, 5) is 17.3. The van der Waals surface area contributed by atoms with E-state index in [0.717, 1.165) is 79.7 Å². The number of aromatic amines is 1. The van der Waals surface area contributed by atoms with Crippen LogP contribution in [0.1, 0.15) is 49.7 Å². The molecule has 0 amide bonds. The Balaban J connectivity index is 0.000000136. The minimum absolute atomic E-state index is 0.0339. The van der Waals surface area contributed by atoms with Crippen molar-refractivity contribution in [1.29, 1.82) is 0 Å². The molecule has 0 saturated carbocycles. The maximum atomic E-state index is 14.8. The molecule has 3 aliphatic heterocycles. The SMILES string of the molecule is COc1c(F)cccc1-c1c[nH]c2ncc(-c3cccc(S(=O)(=O)N4CCCC4)c3)cc12.COc1c(F)cccc1-c1cn(S(=O)(=O)c2ccc(C)cc2)c2ncc(-c3cccc(S(=O)(=O)N4CCCC4)c3)cc12.COc1c(F)cccc1-c1cn(S(=O)(=O)c2ccc(C)cc2)c2ncc(Br)cc12.O=S(=O)(c1cccc(B(O)O)c1)N1CCCC1. The summed E-state index contributed by atoms with van der Waals surface area (Å²) >= 11 is 3.38. The fourth-order valence-corrected chi connectivity index (χ4v) is 22.3. The number of halogens is 4. The number of hydrogen-bond acceptors (Lipinski definition) is 18. The van der Waals surface area contributed by atoms with Gasteiger partial charge in [-0.05, 0) is 182 Å². The average molecular weight is 1790 g/mol. The number of aryl methyl sites for hydroxylation is 2. The van der Waals surface area contributed by atoms with Crippen molar-refractivity contribution in [3.05, 3.63) is 264 Å². The molecule has 34 heteroatoms. The molecule has 3 fully saturated rings. The molecule has 0 aliphatic carbocycles. The minimum Gasteiger partial charge on any atom is -0.493 e. The topological polar surface area (TPSA) is 313 Å². The first kappa shape index (κ1) is 85.5. The molecule has 120 heavy (non-hydrogen) atoms. The zero-order valence-corrected chi connectivity index (χ0v) is 71.0. The molecule has 0 bridgehead atoms. The van der Waals surface area contributed by atoms with Crippen LogP contribution in [-0.2, 0) is 50.1 Å². The first-order chi connectivity index (χ1) is 57.4. The van der Waals surface area contributed by atoms with Crippen LogP contribution in [0.3, 0.4) is 0 Å². The van der Waals surface area contributed by atoms with Crippen molar-refractivity contribution in [3.63, 3.8) is 0 Å². The fraction of sp³-hybridized carbons (Fsp3) is 0.198. The molecule has 24 nitrogen and oxygen atoms in total. The Morgan fingerprint density at radius 2 is 0.742 bits per heavy atom. The summed E-state index contributed by atoms with van der Waals surface area (Å²) in [5, 5.41) is 19.8. The minimum atomic E-state index is -4.08. The zero-order chi connectivity index (χ0) is 85.2. The van der Waals surface area contributed by atoms with Crippen molar-refractivity contribution in [3.8, 4) is 72.9 Å². The lowest BCUT2D eigenvalue weighted by atomic mass is 9.80. The molecule has 14 aromatic rings. The number of pyridine rings is 3. The third kappa shape index (κ3) is 17.3. The number of sulfonamides is 3. The van der Waals surface area contributed by atoms with Gasteiger partial charge in [-0.15, -0.1) is 0 Å². The second-order valence-electron chi connectivity index (χ2n) is 28.6. The van der Waals surface area contributed by atoms with E-state index in [2.05, 4.69) is 35.9 Å². The van der Waals surface area contributed by atoms with Crippen molar-refractivity contribution in [1.82, 2.24) is 40.8 Å². The van der Waals surface area contributed by atoms with Crippen LogP contribution in [0.15, 0.2) is 260 Å². The van der Waals surface area contributed by atoms with Crippen LogP contribution in [0.2, 0.25) is 0 Å². The number of hydrogen-bond donors (Lipinski definition) is 3. The molecule has 8 aromatic carbocycles. The molecule has 3 aliphatic rings. The van der Waals surface area contributed by atoms with Gasteiger partial charge in [0.25, 0.3) is 20.0 Å². The molecule has 0 atom stereocenters. The number of methoxy groups -OCH3 is 3. The summed E-state index contributed by atoms with van der Waals surface area (Å²) in [5.41, 5.74) is 8.83. The molecule has 0 radical (unpaired) electrons. The predicted octanol–water partition coefficient (Wildman–Crippen LogP) is 15.0.